The summed E-state index contributed by atoms with van der Waals surface area (Å²) in [5.41, 5.74) is 10.2. The molecular weight excluding hydrogens is 342 g/mol. The summed E-state index contributed by atoms with van der Waals surface area (Å²) in [6.07, 6.45) is 0.565. The van der Waals surface area contributed by atoms with Crippen molar-refractivity contribution in [2.75, 3.05) is 5.73 Å². The second-order valence-electron chi connectivity index (χ2n) is 6.06. The number of nitrogen functional groups attached to an aromatic ring is 1. The van der Waals surface area contributed by atoms with Crippen LogP contribution in [0.2, 0.25) is 0 Å². The molecule has 0 aliphatic carbocycles. The normalized spacial score (nSPS) is 10.8. The average Bonchev–Trinajstić information content (AvgIpc) is 2.68. The van der Waals surface area contributed by atoms with E-state index < -0.39 is 4.92 Å². The number of nitrogens with two attached hydrogens (primary N) is 1. The van der Waals surface area contributed by atoms with Crippen LogP contribution in [0.1, 0.15) is 11.3 Å². The minimum atomic E-state index is -0.421. The van der Waals surface area contributed by atoms with Crippen molar-refractivity contribution < 1.29 is 4.92 Å². The number of pyridine rings is 1. The van der Waals surface area contributed by atoms with Crippen molar-refractivity contribution in [2.24, 2.45) is 0 Å². The maximum Gasteiger partial charge on any atom is 0.270 e. The molecule has 27 heavy (non-hydrogen) atoms. The Morgan fingerprint density at radius 1 is 0.926 bits per heavy atom. The number of benzene rings is 2. The predicted octanol–water partition coefficient (Wildman–Crippen LogP) is 3.77. The van der Waals surface area contributed by atoms with Crippen LogP contribution in [0.25, 0.3) is 22.3 Å². The molecule has 0 aliphatic rings. The first-order chi connectivity index (χ1) is 13.1. The first kappa shape index (κ1) is 16.6. The molecule has 2 heterocycles. The van der Waals surface area contributed by atoms with Gasteiger partial charge >= 0.3 is 0 Å². The van der Waals surface area contributed by atoms with Gasteiger partial charge in [0.05, 0.1) is 21.8 Å². The third-order valence-corrected chi connectivity index (χ3v) is 4.20. The van der Waals surface area contributed by atoms with Crippen LogP contribution in [0.5, 0.6) is 0 Å². The molecule has 0 bridgehead atoms. The number of aromatic nitrogens is 3. The Bertz CT molecular complexity index is 1150. The van der Waals surface area contributed by atoms with Crippen LogP contribution in [0.15, 0.2) is 66.7 Å². The van der Waals surface area contributed by atoms with Gasteiger partial charge < -0.3 is 5.73 Å². The minimum Gasteiger partial charge on any atom is -0.368 e. The van der Waals surface area contributed by atoms with E-state index in [1.807, 2.05) is 36.4 Å². The fourth-order valence-electron chi connectivity index (χ4n) is 2.95. The Kier molecular flexibility index (Phi) is 4.18. The molecule has 7 heteroatoms. The summed E-state index contributed by atoms with van der Waals surface area (Å²) in [7, 11) is 0. The molecule has 0 radical (unpaired) electrons. The Labute approximate surface area is 154 Å². The number of anilines is 1. The molecule has 0 fully saturated rings. The van der Waals surface area contributed by atoms with Crippen molar-refractivity contribution >= 4 is 22.7 Å². The van der Waals surface area contributed by atoms with Crippen molar-refractivity contribution in [1.82, 2.24) is 15.0 Å². The number of hydrogen-bond acceptors (Lipinski definition) is 6. The molecular formula is C20H15N5O2. The highest BCUT2D eigenvalue weighted by Crippen LogP contribution is 2.26. The molecule has 0 unspecified atom stereocenters. The van der Waals surface area contributed by atoms with Crippen molar-refractivity contribution in [3.63, 3.8) is 0 Å². The molecule has 4 rings (SSSR count). The summed E-state index contributed by atoms with van der Waals surface area (Å²) >= 11 is 0. The highest BCUT2D eigenvalue weighted by Gasteiger charge is 2.12. The van der Waals surface area contributed by atoms with E-state index in [0.717, 1.165) is 11.3 Å². The van der Waals surface area contributed by atoms with E-state index in [9.17, 15) is 10.1 Å². The van der Waals surface area contributed by atoms with Crippen LogP contribution in [0.3, 0.4) is 0 Å². The van der Waals surface area contributed by atoms with E-state index in [2.05, 4.69) is 15.0 Å². The van der Waals surface area contributed by atoms with Gasteiger partial charge in [-0.3, -0.25) is 10.1 Å². The lowest BCUT2D eigenvalue weighted by molar-refractivity contribution is -0.384. The SMILES string of the molecule is Nc1nc(Cc2ccccc2)c2nc(-c3cccc([N+](=O)[O-])c3)ccc2n1. The molecule has 0 saturated carbocycles. The lowest BCUT2D eigenvalue weighted by Crippen LogP contribution is -2.03. The van der Waals surface area contributed by atoms with Gasteiger partial charge in [-0.2, -0.15) is 0 Å². The molecule has 0 saturated heterocycles. The van der Waals surface area contributed by atoms with Gasteiger partial charge in [0.25, 0.3) is 5.69 Å². The average molecular weight is 357 g/mol. The smallest absolute Gasteiger partial charge is 0.270 e. The molecule has 4 aromatic rings. The summed E-state index contributed by atoms with van der Waals surface area (Å²) in [6, 6.07) is 19.9. The molecule has 0 spiro atoms. The lowest BCUT2D eigenvalue weighted by Gasteiger charge is -2.08. The van der Waals surface area contributed by atoms with Gasteiger partial charge in [-0.15, -0.1) is 0 Å². The lowest BCUT2D eigenvalue weighted by atomic mass is 10.1. The van der Waals surface area contributed by atoms with Crippen LogP contribution >= 0.6 is 0 Å². The topological polar surface area (TPSA) is 108 Å². The van der Waals surface area contributed by atoms with Gasteiger partial charge in [0.1, 0.15) is 5.52 Å². The number of nitro groups is 1. The minimum absolute atomic E-state index is 0.0208. The fourth-order valence-corrected chi connectivity index (χ4v) is 2.95. The summed E-state index contributed by atoms with van der Waals surface area (Å²) < 4.78 is 0. The highest BCUT2D eigenvalue weighted by atomic mass is 16.6. The van der Waals surface area contributed by atoms with Crippen molar-refractivity contribution in [2.45, 2.75) is 6.42 Å². The van der Waals surface area contributed by atoms with Gasteiger partial charge in [0, 0.05) is 24.1 Å². The largest absolute Gasteiger partial charge is 0.368 e. The van der Waals surface area contributed by atoms with E-state index in [-0.39, 0.29) is 11.6 Å². The molecule has 2 aromatic carbocycles. The standard InChI is InChI=1S/C20H15N5O2/c21-20-23-17-10-9-16(14-7-4-8-15(12-14)25(26)27)22-19(17)18(24-20)11-13-5-2-1-3-6-13/h1-10,12H,11H2,(H2,21,23,24). The highest BCUT2D eigenvalue weighted by molar-refractivity contribution is 5.81. The maximum absolute atomic E-state index is 11.0. The molecule has 2 aromatic heterocycles. The monoisotopic (exact) mass is 357 g/mol. The summed E-state index contributed by atoms with van der Waals surface area (Å²) in [6.45, 7) is 0. The summed E-state index contributed by atoms with van der Waals surface area (Å²) in [4.78, 5) is 23.9. The van der Waals surface area contributed by atoms with Gasteiger partial charge in [0.2, 0.25) is 5.95 Å². The van der Waals surface area contributed by atoms with Gasteiger partial charge in [0.15, 0.2) is 0 Å². The third kappa shape index (κ3) is 3.43. The molecule has 0 atom stereocenters. The van der Waals surface area contributed by atoms with Gasteiger partial charge in [-0.05, 0) is 17.7 Å². The molecule has 0 amide bonds. The number of nitro benzene ring substituents is 1. The predicted molar refractivity (Wildman–Crippen MR) is 103 cm³/mol. The van der Waals surface area contributed by atoms with E-state index in [0.29, 0.717) is 28.7 Å². The van der Waals surface area contributed by atoms with E-state index in [1.54, 1.807) is 18.2 Å². The number of rotatable bonds is 4. The van der Waals surface area contributed by atoms with E-state index in [1.165, 1.54) is 12.1 Å². The molecule has 2 N–H and O–H groups in total. The van der Waals surface area contributed by atoms with Crippen LogP contribution in [-0.4, -0.2) is 19.9 Å². The van der Waals surface area contributed by atoms with Crippen LogP contribution in [0, 0.1) is 10.1 Å². The fraction of sp³-hybridized carbons (Fsp3) is 0.0500. The number of fused-ring (bicyclic) bond motifs is 1. The zero-order valence-corrected chi connectivity index (χ0v) is 14.2. The number of hydrogen-bond donors (Lipinski definition) is 1. The number of nitrogens with zero attached hydrogens (tertiary/aromatic N) is 4. The maximum atomic E-state index is 11.0. The molecule has 132 valence electrons. The van der Waals surface area contributed by atoms with Crippen molar-refractivity contribution in [1.29, 1.82) is 0 Å². The second kappa shape index (κ2) is 6.80. The Hall–Kier alpha value is -3.87. The van der Waals surface area contributed by atoms with Crippen LogP contribution in [-0.2, 0) is 6.42 Å². The van der Waals surface area contributed by atoms with Crippen molar-refractivity contribution in [3.8, 4) is 11.3 Å². The van der Waals surface area contributed by atoms with E-state index >= 15 is 0 Å². The second-order valence-corrected chi connectivity index (χ2v) is 6.06. The summed E-state index contributed by atoms with van der Waals surface area (Å²) in [5, 5.41) is 11.0. The Morgan fingerprint density at radius 3 is 2.52 bits per heavy atom. The van der Waals surface area contributed by atoms with Crippen LogP contribution in [0.4, 0.5) is 11.6 Å². The van der Waals surface area contributed by atoms with Gasteiger partial charge in [-0.25, -0.2) is 15.0 Å². The van der Waals surface area contributed by atoms with Gasteiger partial charge in [-0.1, -0.05) is 42.5 Å². The zero-order valence-electron chi connectivity index (χ0n) is 14.2. The first-order valence-corrected chi connectivity index (χ1v) is 8.32. The Morgan fingerprint density at radius 2 is 1.74 bits per heavy atom. The zero-order chi connectivity index (χ0) is 18.8. The first-order valence-electron chi connectivity index (χ1n) is 8.32. The Balaban J connectivity index is 1.83. The quantitative estimate of drug-likeness (QED) is 0.440. The third-order valence-electron chi connectivity index (χ3n) is 4.20. The molecule has 0 aliphatic heterocycles. The van der Waals surface area contributed by atoms with Crippen molar-refractivity contribution in [3.05, 3.63) is 88.1 Å². The molecule has 7 nitrogen and oxygen atoms in total. The van der Waals surface area contributed by atoms with Crippen LogP contribution < -0.4 is 5.73 Å². The number of non-ortho nitro benzene ring substituents is 1. The summed E-state index contributed by atoms with van der Waals surface area (Å²) in [5.74, 6) is 0.193. The van der Waals surface area contributed by atoms with E-state index in [4.69, 9.17) is 5.73 Å².